The van der Waals surface area contributed by atoms with Crippen molar-refractivity contribution in [3.05, 3.63) is 0 Å². The van der Waals surface area contributed by atoms with Gasteiger partial charge in [0.1, 0.15) is 6.04 Å². The van der Waals surface area contributed by atoms with E-state index < -0.39 is 6.04 Å². The molecule has 0 saturated carbocycles. The average molecular weight is 235 g/mol. The number of carbonyl (C=O) groups excluding carboxylic acids is 2. The van der Waals surface area contributed by atoms with Crippen LogP contribution in [-0.2, 0) is 14.3 Å². The van der Waals surface area contributed by atoms with Crippen LogP contribution in [0.4, 0.5) is 0 Å². The fraction of sp³-hybridized carbons (Fsp3) is 0.778. The van der Waals surface area contributed by atoms with Gasteiger partial charge in [0, 0.05) is 0 Å². The molecule has 0 spiro atoms. The zero-order chi connectivity index (χ0) is 11.7. The Morgan fingerprint density at radius 1 is 1.53 bits per heavy atom. The molecular weight excluding hydrogens is 216 g/mol. The van der Waals surface area contributed by atoms with Crippen molar-refractivity contribution in [1.82, 2.24) is 5.32 Å². The Bertz CT molecular complexity index is 212. The lowest BCUT2D eigenvalue weighted by molar-refractivity contribution is -0.355. The molecule has 0 heterocycles. The van der Waals surface area contributed by atoms with Crippen molar-refractivity contribution in [2.75, 3.05) is 25.2 Å². The minimum Gasteiger partial charge on any atom is -0.464 e. The van der Waals surface area contributed by atoms with E-state index in [9.17, 15) is 9.59 Å². The first-order valence-electron chi connectivity index (χ1n) is 4.89. The van der Waals surface area contributed by atoms with Crippen LogP contribution in [0.2, 0.25) is 0 Å². The van der Waals surface area contributed by atoms with Crippen LogP contribution >= 0.6 is 11.8 Å². The van der Waals surface area contributed by atoms with E-state index >= 15 is 0 Å². The van der Waals surface area contributed by atoms with Crippen LogP contribution in [0.1, 0.15) is 13.3 Å². The molecule has 1 atom stereocenters. The van der Waals surface area contributed by atoms with E-state index in [1.807, 2.05) is 6.26 Å². The summed E-state index contributed by atoms with van der Waals surface area (Å²) in [5.41, 5.74) is 3.45. The van der Waals surface area contributed by atoms with E-state index in [-0.39, 0.29) is 18.4 Å². The Hall–Kier alpha value is -0.750. The van der Waals surface area contributed by atoms with Crippen LogP contribution in [0.15, 0.2) is 0 Å². The Kier molecular flexibility index (Phi) is 8.12. The summed E-state index contributed by atoms with van der Waals surface area (Å²) in [6.07, 6.45) is 2.54. The molecule has 88 valence electrons. The molecule has 0 aliphatic rings. The monoisotopic (exact) mass is 235 g/mol. The second-order valence-electron chi connectivity index (χ2n) is 2.90. The van der Waals surface area contributed by atoms with E-state index in [2.05, 4.69) is 11.1 Å². The third-order valence-electron chi connectivity index (χ3n) is 1.74. The van der Waals surface area contributed by atoms with Crippen molar-refractivity contribution in [3.63, 3.8) is 0 Å². The highest BCUT2D eigenvalue weighted by molar-refractivity contribution is 7.98. The molecule has 0 bridgehead atoms. The molecule has 0 aliphatic heterocycles. The summed E-state index contributed by atoms with van der Waals surface area (Å²) in [6.45, 7) is 2.21. The second-order valence-corrected chi connectivity index (χ2v) is 3.89. The standard InChI is InChI=1S/C9H18N2O3S/c1-3-14-9(13)7(4-5-15-2)11-8(12)6-10/h7H,3-6,10H2,1-2H3,(H,11,12)/p+1/t7-/m1/s1. The molecule has 1 amide bonds. The fourth-order valence-corrected chi connectivity index (χ4v) is 1.47. The summed E-state index contributed by atoms with van der Waals surface area (Å²) in [4.78, 5) is 22.5. The number of carbonyl (C=O) groups is 2. The summed E-state index contributed by atoms with van der Waals surface area (Å²) < 4.78 is 4.86. The Morgan fingerprint density at radius 2 is 2.20 bits per heavy atom. The Morgan fingerprint density at radius 3 is 2.67 bits per heavy atom. The van der Waals surface area contributed by atoms with Gasteiger partial charge >= 0.3 is 5.97 Å². The van der Waals surface area contributed by atoms with E-state index in [0.29, 0.717) is 13.0 Å². The van der Waals surface area contributed by atoms with Crippen molar-refractivity contribution in [1.29, 1.82) is 0 Å². The van der Waals surface area contributed by atoms with Gasteiger partial charge in [-0.3, -0.25) is 4.79 Å². The van der Waals surface area contributed by atoms with Crippen LogP contribution in [-0.4, -0.2) is 43.1 Å². The molecule has 15 heavy (non-hydrogen) atoms. The van der Waals surface area contributed by atoms with Crippen molar-refractivity contribution < 1.29 is 20.1 Å². The molecule has 0 aliphatic carbocycles. The number of nitrogens with one attached hydrogen (secondary N) is 1. The Labute approximate surface area is 94.1 Å². The van der Waals surface area contributed by atoms with Gasteiger partial charge in [0.15, 0.2) is 6.54 Å². The van der Waals surface area contributed by atoms with Gasteiger partial charge in [0.25, 0.3) is 5.91 Å². The van der Waals surface area contributed by atoms with Crippen LogP contribution in [0.5, 0.6) is 0 Å². The molecule has 0 aromatic heterocycles. The zero-order valence-electron chi connectivity index (χ0n) is 9.25. The van der Waals surface area contributed by atoms with Crippen molar-refractivity contribution in [3.8, 4) is 0 Å². The first kappa shape index (κ1) is 14.2. The highest BCUT2D eigenvalue weighted by atomic mass is 32.2. The second kappa shape index (κ2) is 8.55. The van der Waals surface area contributed by atoms with Gasteiger partial charge in [-0.1, -0.05) is 0 Å². The van der Waals surface area contributed by atoms with Crippen molar-refractivity contribution in [2.24, 2.45) is 0 Å². The molecular formula is C9H19N2O3S+. The third-order valence-corrected chi connectivity index (χ3v) is 2.39. The minimum atomic E-state index is -0.536. The van der Waals surface area contributed by atoms with Gasteiger partial charge in [-0.25, -0.2) is 4.79 Å². The first-order valence-corrected chi connectivity index (χ1v) is 6.29. The van der Waals surface area contributed by atoms with Crippen molar-refractivity contribution >= 4 is 23.6 Å². The number of thioether (sulfide) groups is 1. The van der Waals surface area contributed by atoms with Gasteiger partial charge in [-0.15, -0.1) is 0 Å². The van der Waals surface area contributed by atoms with E-state index in [1.165, 1.54) is 0 Å². The van der Waals surface area contributed by atoms with Gasteiger partial charge in [0.2, 0.25) is 0 Å². The molecule has 0 radical (unpaired) electrons. The largest absolute Gasteiger partial charge is 0.464 e. The van der Waals surface area contributed by atoms with Crippen LogP contribution in [0, 0.1) is 0 Å². The molecule has 0 saturated heterocycles. The third kappa shape index (κ3) is 6.35. The van der Waals surface area contributed by atoms with Gasteiger partial charge in [0.05, 0.1) is 6.61 Å². The molecule has 4 N–H and O–H groups in total. The maximum atomic E-state index is 11.4. The van der Waals surface area contributed by atoms with Crippen LogP contribution in [0.3, 0.4) is 0 Å². The summed E-state index contributed by atoms with van der Waals surface area (Å²) >= 11 is 1.63. The number of quaternary nitrogens is 1. The van der Waals surface area contributed by atoms with E-state index in [0.717, 1.165) is 5.75 Å². The molecule has 0 aromatic rings. The number of hydrogen-bond donors (Lipinski definition) is 2. The highest BCUT2D eigenvalue weighted by Crippen LogP contribution is 2.02. The number of hydrogen-bond acceptors (Lipinski definition) is 4. The first-order chi connectivity index (χ1) is 7.15. The number of rotatable bonds is 7. The lowest BCUT2D eigenvalue weighted by Crippen LogP contribution is -2.59. The average Bonchev–Trinajstić information content (AvgIpc) is 2.24. The predicted molar refractivity (Wildman–Crippen MR) is 59.3 cm³/mol. The normalized spacial score (nSPS) is 11.9. The number of amides is 1. The lowest BCUT2D eigenvalue weighted by Gasteiger charge is -2.15. The van der Waals surface area contributed by atoms with Crippen molar-refractivity contribution in [2.45, 2.75) is 19.4 Å². The SMILES string of the molecule is CCOC(=O)[C@@H](CCSC)NC(=O)C[NH3+]. The Balaban J connectivity index is 4.16. The molecule has 0 rings (SSSR count). The minimum absolute atomic E-state index is 0.134. The molecule has 0 fully saturated rings. The zero-order valence-corrected chi connectivity index (χ0v) is 10.1. The number of ether oxygens (including phenoxy) is 1. The van der Waals surface area contributed by atoms with E-state index in [4.69, 9.17) is 4.74 Å². The van der Waals surface area contributed by atoms with Gasteiger partial charge in [-0.05, 0) is 25.4 Å². The number of esters is 1. The summed E-state index contributed by atoms with van der Waals surface area (Å²) in [6, 6.07) is -0.536. The van der Waals surface area contributed by atoms with Gasteiger partial charge in [-0.2, -0.15) is 11.8 Å². The highest BCUT2D eigenvalue weighted by Gasteiger charge is 2.21. The molecule has 5 nitrogen and oxygen atoms in total. The molecule has 6 heteroatoms. The van der Waals surface area contributed by atoms with Gasteiger partial charge < -0.3 is 15.8 Å². The smallest absolute Gasteiger partial charge is 0.328 e. The van der Waals surface area contributed by atoms with E-state index in [1.54, 1.807) is 18.7 Å². The predicted octanol–water partition coefficient (Wildman–Crippen LogP) is -0.971. The van der Waals surface area contributed by atoms with Crippen LogP contribution in [0.25, 0.3) is 0 Å². The fourth-order valence-electron chi connectivity index (χ4n) is 0.994. The summed E-state index contributed by atoms with van der Waals surface area (Å²) in [7, 11) is 0. The summed E-state index contributed by atoms with van der Waals surface area (Å²) in [5.74, 6) is 0.212. The molecule has 0 unspecified atom stereocenters. The maximum Gasteiger partial charge on any atom is 0.328 e. The van der Waals surface area contributed by atoms with Crippen LogP contribution < -0.4 is 11.1 Å². The quantitative estimate of drug-likeness (QED) is 0.556. The lowest BCUT2D eigenvalue weighted by atomic mass is 10.2. The maximum absolute atomic E-state index is 11.4. The molecule has 0 aromatic carbocycles. The summed E-state index contributed by atoms with van der Waals surface area (Å²) in [5, 5.41) is 2.60. The topological polar surface area (TPSA) is 83.0 Å².